The molecule has 1 heterocycles. The van der Waals surface area contributed by atoms with Crippen LogP contribution in [-0.4, -0.2) is 25.5 Å². The highest BCUT2D eigenvalue weighted by Crippen LogP contribution is 2.39. The minimum absolute atomic E-state index is 0.105. The van der Waals surface area contributed by atoms with E-state index in [9.17, 15) is 0 Å². The van der Waals surface area contributed by atoms with Gasteiger partial charge in [0.25, 0.3) is 0 Å². The lowest BCUT2D eigenvalue weighted by molar-refractivity contribution is -0.0341. The molecule has 0 saturated carbocycles. The summed E-state index contributed by atoms with van der Waals surface area (Å²) in [5.74, 6) is 0. The summed E-state index contributed by atoms with van der Waals surface area (Å²) in [7, 11) is 4.21. The third-order valence-corrected chi connectivity index (χ3v) is 4.71. The quantitative estimate of drug-likeness (QED) is 0.786. The van der Waals surface area contributed by atoms with Crippen molar-refractivity contribution in [1.29, 1.82) is 0 Å². The fourth-order valence-electron chi connectivity index (χ4n) is 3.22. The molecule has 2 nitrogen and oxygen atoms in total. The first-order valence-corrected chi connectivity index (χ1v) is 8.56. The van der Waals surface area contributed by atoms with E-state index in [4.69, 9.17) is 16.3 Å². The zero-order valence-electron chi connectivity index (χ0n) is 14.1. The molecule has 0 saturated heterocycles. The van der Waals surface area contributed by atoms with E-state index in [2.05, 4.69) is 56.3 Å². The SMILES string of the molecule is Cc1ccc2c(c1)CC(c1ccc(Cl)cc1)OC2CCN(C)C. The third kappa shape index (κ3) is 3.95. The molecule has 122 valence electrons. The molecule has 0 radical (unpaired) electrons. The fourth-order valence-corrected chi connectivity index (χ4v) is 3.34. The highest BCUT2D eigenvalue weighted by atomic mass is 35.5. The molecule has 0 spiro atoms. The van der Waals surface area contributed by atoms with Crippen LogP contribution in [0.4, 0.5) is 0 Å². The molecule has 2 atom stereocenters. The molecule has 1 aliphatic rings. The van der Waals surface area contributed by atoms with Gasteiger partial charge in [-0.15, -0.1) is 0 Å². The summed E-state index contributed by atoms with van der Waals surface area (Å²) in [6.45, 7) is 3.17. The van der Waals surface area contributed by atoms with Gasteiger partial charge >= 0.3 is 0 Å². The second-order valence-electron chi connectivity index (χ2n) is 6.66. The van der Waals surface area contributed by atoms with E-state index in [1.807, 2.05) is 12.1 Å². The molecule has 0 aliphatic carbocycles. The number of ether oxygens (including phenoxy) is 1. The molecule has 3 rings (SSSR count). The summed E-state index contributed by atoms with van der Waals surface area (Å²) in [4.78, 5) is 2.21. The number of aryl methyl sites for hydroxylation is 1. The van der Waals surface area contributed by atoms with Gasteiger partial charge in [-0.05, 0) is 56.3 Å². The lowest BCUT2D eigenvalue weighted by Crippen LogP contribution is -2.24. The second kappa shape index (κ2) is 7.04. The van der Waals surface area contributed by atoms with Crippen LogP contribution in [0.5, 0.6) is 0 Å². The Bertz CT molecular complexity index is 666. The van der Waals surface area contributed by atoms with Gasteiger partial charge in [0, 0.05) is 18.0 Å². The predicted octanol–water partition coefficient (Wildman–Crippen LogP) is 4.96. The Labute approximate surface area is 144 Å². The maximum absolute atomic E-state index is 6.46. The van der Waals surface area contributed by atoms with Crippen molar-refractivity contribution in [3.05, 3.63) is 69.7 Å². The Kier molecular flexibility index (Phi) is 5.05. The highest BCUT2D eigenvalue weighted by molar-refractivity contribution is 6.30. The lowest BCUT2D eigenvalue weighted by atomic mass is 9.89. The molecule has 1 aliphatic heterocycles. The van der Waals surface area contributed by atoms with Gasteiger partial charge in [-0.2, -0.15) is 0 Å². The summed E-state index contributed by atoms with van der Waals surface area (Å²) in [6.07, 6.45) is 2.20. The maximum atomic E-state index is 6.46. The number of benzene rings is 2. The molecular weight excluding hydrogens is 306 g/mol. The van der Waals surface area contributed by atoms with Crippen LogP contribution in [0.25, 0.3) is 0 Å². The highest BCUT2D eigenvalue weighted by Gasteiger charge is 2.28. The summed E-state index contributed by atoms with van der Waals surface area (Å²) >= 11 is 6.02. The maximum Gasteiger partial charge on any atom is 0.0873 e. The minimum Gasteiger partial charge on any atom is -0.365 e. The van der Waals surface area contributed by atoms with Gasteiger partial charge in [0.2, 0.25) is 0 Å². The average molecular weight is 330 g/mol. The fraction of sp³-hybridized carbons (Fsp3) is 0.400. The molecule has 2 aromatic carbocycles. The molecule has 0 amide bonds. The van der Waals surface area contributed by atoms with Crippen LogP contribution in [0.15, 0.2) is 42.5 Å². The number of hydrogen-bond acceptors (Lipinski definition) is 2. The van der Waals surface area contributed by atoms with E-state index in [1.54, 1.807) is 0 Å². The summed E-state index contributed by atoms with van der Waals surface area (Å²) in [5, 5.41) is 0.768. The van der Waals surface area contributed by atoms with Crippen LogP contribution in [0, 0.1) is 6.92 Å². The predicted molar refractivity (Wildman–Crippen MR) is 96.1 cm³/mol. The summed E-state index contributed by atoms with van der Waals surface area (Å²) in [6, 6.07) is 14.8. The van der Waals surface area contributed by atoms with Crippen LogP contribution in [0.1, 0.15) is 40.9 Å². The summed E-state index contributed by atoms with van der Waals surface area (Å²) in [5.41, 5.74) is 5.28. The monoisotopic (exact) mass is 329 g/mol. The molecule has 2 aromatic rings. The normalized spacial score (nSPS) is 20.6. The molecule has 0 fully saturated rings. The molecular formula is C20H24ClNO. The van der Waals surface area contributed by atoms with Gasteiger partial charge in [-0.25, -0.2) is 0 Å². The Morgan fingerprint density at radius 1 is 1.13 bits per heavy atom. The van der Waals surface area contributed by atoms with Crippen molar-refractivity contribution in [1.82, 2.24) is 4.90 Å². The van der Waals surface area contributed by atoms with Crippen LogP contribution >= 0.6 is 11.6 Å². The van der Waals surface area contributed by atoms with E-state index in [-0.39, 0.29) is 12.2 Å². The van der Waals surface area contributed by atoms with Gasteiger partial charge < -0.3 is 9.64 Å². The van der Waals surface area contributed by atoms with Crippen molar-refractivity contribution >= 4 is 11.6 Å². The Morgan fingerprint density at radius 2 is 1.87 bits per heavy atom. The first-order valence-electron chi connectivity index (χ1n) is 8.18. The van der Waals surface area contributed by atoms with Gasteiger partial charge in [-0.1, -0.05) is 47.5 Å². The number of rotatable bonds is 4. The van der Waals surface area contributed by atoms with Gasteiger partial charge in [-0.3, -0.25) is 0 Å². The van der Waals surface area contributed by atoms with Crippen LogP contribution < -0.4 is 0 Å². The Hall–Kier alpha value is -1.35. The minimum atomic E-state index is 0.105. The van der Waals surface area contributed by atoms with Crippen LogP contribution in [0.3, 0.4) is 0 Å². The van der Waals surface area contributed by atoms with Gasteiger partial charge in [0.1, 0.15) is 0 Å². The lowest BCUT2D eigenvalue weighted by Gasteiger charge is -2.33. The van der Waals surface area contributed by atoms with E-state index in [1.165, 1.54) is 22.3 Å². The van der Waals surface area contributed by atoms with Gasteiger partial charge in [0.15, 0.2) is 0 Å². The molecule has 3 heteroatoms. The molecule has 0 bridgehead atoms. The van der Waals surface area contributed by atoms with Gasteiger partial charge in [0.05, 0.1) is 12.2 Å². The zero-order chi connectivity index (χ0) is 16.4. The van der Waals surface area contributed by atoms with Crippen molar-refractivity contribution in [2.75, 3.05) is 20.6 Å². The molecule has 0 N–H and O–H groups in total. The number of halogens is 1. The average Bonchev–Trinajstić information content (AvgIpc) is 2.52. The number of hydrogen-bond donors (Lipinski definition) is 0. The standard InChI is InChI=1S/C20H24ClNO/c1-14-4-9-18-16(12-14)13-20(15-5-7-17(21)8-6-15)23-19(18)10-11-22(2)3/h4-9,12,19-20H,10-11,13H2,1-3H3. The Morgan fingerprint density at radius 3 is 2.57 bits per heavy atom. The van der Waals surface area contributed by atoms with Crippen molar-refractivity contribution in [3.63, 3.8) is 0 Å². The zero-order valence-corrected chi connectivity index (χ0v) is 14.8. The van der Waals surface area contributed by atoms with Crippen molar-refractivity contribution in [2.24, 2.45) is 0 Å². The van der Waals surface area contributed by atoms with Crippen molar-refractivity contribution < 1.29 is 4.74 Å². The molecule has 2 unspecified atom stereocenters. The van der Waals surface area contributed by atoms with E-state index >= 15 is 0 Å². The molecule has 23 heavy (non-hydrogen) atoms. The molecule has 0 aromatic heterocycles. The first-order chi connectivity index (χ1) is 11.0. The van der Waals surface area contributed by atoms with E-state index in [0.717, 1.165) is 24.4 Å². The van der Waals surface area contributed by atoms with Crippen molar-refractivity contribution in [3.8, 4) is 0 Å². The van der Waals surface area contributed by atoms with Crippen LogP contribution in [-0.2, 0) is 11.2 Å². The first kappa shape index (κ1) is 16.5. The Balaban J connectivity index is 1.89. The van der Waals surface area contributed by atoms with Crippen LogP contribution in [0.2, 0.25) is 5.02 Å². The number of fused-ring (bicyclic) bond motifs is 1. The van der Waals surface area contributed by atoms with Crippen molar-refractivity contribution in [2.45, 2.75) is 32.0 Å². The number of nitrogens with zero attached hydrogens (tertiary/aromatic N) is 1. The smallest absolute Gasteiger partial charge is 0.0873 e. The third-order valence-electron chi connectivity index (χ3n) is 4.46. The van der Waals surface area contributed by atoms with E-state index in [0.29, 0.717) is 0 Å². The van der Waals surface area contributed by atoms with E-state index < -0.39 is 0 Å². The summed E-state index contributed by atoms with van der Waals surface area (Å²) < 4.78 is 6.46. The topological polar surface area (TPSA) is 12.5 Å². The second-order valence-corrected chi connectivity index (χ2v) is 7.10. The largest absolute Gasteiger partial charge is 0.365 e.